The minimum atomic E-state index is 0.00932. The number of amides is 1. The van der Waals surface area contributed by atoms with Crippen molar-refractivity contribution in [3.05, 3.63) is 35.2 Å². The fourth-order valence-electron chi connectivity index (χ4n) is 3.62. The summed E-state index contributed by atoms with van der Waals surface area (Å²) in [5.41, 5.74) is 4.45. The van der Waals surface area contributed by atoms with Crippen LogP contribution in [0.1, 0.15) is 68.2 Å². The lowest BCUT2D eigenvalue weighted by Crippen LogP contribution is -2.41. The van der Waals surface area contributed by atoms with Crippen LogP contribution in [-0.4, -0.2) is 21.9 Å². The van der Waals surface area contributed by atoms with Gasteiger partial charge >= 0.3 is 0 Å². The zero-order valence-electron chi connectivity index (χ0n) is 14.9. The molecular formula is C20H27N3O. The predicted octanol–water partition coefficient (Wildman–Crippen LogP) is 4.06. The Kier molecular flexibility index (Phi) is 5.12. The first-order chi connectivity index (χ1) is 11.6. The quantitative estimate of drug-likeness (QED) is 0.922. The maximum Gasteiger partial charge on any atom is 0.251 e. The first-order valence-electron chi connectivity index (χ1n) is 9.22. The van der Waals surface area contributed by atoms with Crippen LogP contribution in [0.3, 0.4) is 0 Å². The van der Waals surface area contributed by atoms with Crippen LogP contribution in [0.5, 0.6) is 0 Å². The van der Waals surface area contributed by atoms with E-state index in [1.54, 1.807) is 0 Å². The smallest absolute Gasteiger partial charge is 0.251 e. The maximum absolute atomic E-state index is 12.6. The zero-order valence-corrected chi connectivity index (χ0v) is 14.9. The van der Waals surface area contributed by atoms with E-state index in [1.807, 2.05) is 18.2 Å². The van der Waals surface area contributed by atoms with E-state index in [0.717, 1.165) is 41.7 Å². The number of benzene rings is 1. The summed E-state index contributed by atoms with van der Waals surface area (Å²) in [6, 6.07) is 5.95. The number of hydrogen-bond acceptors (Lipinski definition) is 3. The Morgan fingerprint density at radius 3 is 2.42 bits per heavy atom. The number of rotatable bonds is 4. The number of aryl methyl sites for hydroxylation is 2. The van der Waals surface area contributed by atoms with Crippen molar-refractivity contribution in [2.45, 2.75) is 65.3 Å². The highest BCUT2D eigenvalue weighted by Crippen LogP contribution is 2.24. The van der Waals surface area contributed by atoms with Gasteiger partial charge in [-0.15, -0.1) is 0 Å². The molecule has 0 radical (unpaired) electrons. The summed E-state index contributed by atoms with van der Waals surface area (Å²) in [6.07, 6.45) is 6.51. The van der Waals surface area contributed by atoms with Crippen LogP contribution in [0.4, 0.5) is 0 Å². The molecule has 1 aromatic heterocycles. The highest BCUT2D eigenvalue weighted by molar-refractivity contribution is 5.97. The average molecular weight is 325 g/mol. The molecule has 4 nitrogen and oxygen atoms in total. The number of hydrogen-bond donors (Lipinski definition) is 1. The summed E-state index contributed by atoms with van der Waals surface area (Å²) >= 11 is 0. The van der Waals surface area contributed by atoms with E-state index in [1.165, 1.54) is 19.3 Å². The third-order valence-electron chi connectivity index (χ3n) is 5.18. The summed E-state index contributed by atoms with van der Waals surface area (Å²) < 4.78 is 0. The standard InChI is InChI=1S/C20H27N3O/c1-4-15-16(5-2)22-19-12-14(10-11-18(19)21-15)20(24)23-17-9-7-6-8-13(17)3/h10-13,17H,4-9H2,1-3H3,(H,23,24). The van der Waals surface area contributed by atoms with Gasteiger partial charge in [0.15, 0.2) is 0 Å². The topological polar surface area (TPSA) is 54.9 Å². The number of fused-ring (bicyclic) bond motifs is 1. The lowest BCUT2D eigenvalue weighted by atomic mass is 9.86. The zero-order chi connectivity index (χ0) is 17.1. The van der Waals surface area contributed by atoms with Gasteiger partial charge in [0.1, 0.15) is 0 Å². The maximum atomic E-state index is 12.6. The van der Waals surface area contributed by atoms with Gasteiger partial charge in [0.25, 0.3) is 5.91 Å². The van der Waals surface area contributed by atoms with Gasteiger partial charge in [-0.25, -0.2) is 9.97 Å². The molecule has 1 aromatic carbocycles. The van der Waals surface area contributed by atoms with Crippen molar-refractivity contribution >= 4 is 16.9 Å². The molecule has 2 aromatic rings. The second kappa shape index (κ2) is 7.29. The lowest BCUT2D eigenvalue weighted by molar-refractivity contribution is 0.0910. The summed E-state index contributed by atoms with van der Waals surface area (Å²) in [4.78, 5) is 22.0. The molecule has 3 rings (SSSR count). The van der Waals surface area contributed by atoms with Crippen LogP contribution in [0.2, 0.25) is 0 Å². The second-order valence-corrected chi connectivity index (χ2v) is 6.87. The molecule has 1 fully saturated rings. The van der Waals surface area contributed by atoms with Gasteiger partial charge in [-0.05, 0) is 49.8 Å². The van der Waals surface area contributed by atoms with E-state index in [-0.39, 0.29) is 5.91 Å². The predicted molar refractivity (Wildman–Crippen MR) is 97.2 cm³/mol. The molecule has 1 N–H and O–H groups in total. The molecule has 128 valence electrons. The minimum Gasteiger partial charge on any atom is -0.349 e. The minimum absolute atomic E-state index is 0.00932. The SMILES string of the molecule is CCc1nc2ccc(C(=O)NC3CCCCC3C)cc2nc1CC. The number of aromatic nitrogens is 2. The molecule has 2 atom stereocenters. The van der Waals surface area contributed by atoms with E-state index < -0.39 is 0 Å². The fourth-order valence-corrected chi connectivity index (χ4v) is 3.62. The van der Waals surface area contributed by atoms with E-state index in [2.05, 4.69) is 26.1 Å². The molecule has 1 aliphatic carbocycles. The van der Waals surface area contributed by atoms with Gasteiger partial charge < -0.3 is 5.32 Å². The largest absolute Gasteiger partial charge is 0.349 e. The summed E-state index contributed by atoms with van der Waals surface area (Å²) in [7, 11) is 0. The third-order valence-corrected chi connectivity index (χ3v) is 5.18. The first-order valence-corrected chi connectivity index (χ1v) is 9.22. The molecule has 0 bridgehead atoms. The van der Waals surface area contributed by atoms with Crippen LogP contribution in [0, 0.1) is 5.92 Å². The molecule has 0 aliphatic heterocycles. The van der Waals surface area contributed by atoms with Gasteiger partial charge in [0.05, 0.1) is 22.4 Å². The van der Waals surface area contributed by atoms with Gasteiger partial charge in [-0.1, -0.05) is 33.6 Å². The number of carbonyl (C=O) groups excluding carboxylic acids is 1. The normalized spacial score (nSPS) is 21.0. The summed E-state index contributed by atoms with van der Waals surface area (Å²) in [6.45, 7) is 6.42. The van der Waals surface area contributed by atoms with Crippen molar-refractivity contribution in [1.82, 2.24) is 15.3 Å². The lowest BCUT2D eigenvalue weighted by Gasteiger charge is -2.29. The van der Waals surface area contributed by atoms with Crippen LogP contribution in [0.15, 0.2) is 18.2 Å². The molecule has 2 unspecified atom stereocenters. The van der Waals surface area contributed by atoms with Crippen molar-refractivity contribution in [3.63, 3.8) is 0 Å². The molecule has 0 spiro atoms. The van der Waals surface area contributed by atoms with Gasteiger partial charge in [0, 0.05) is 11.6 Å². The molecular weight excluding hydrogens is 298 g/mol. The number of nitrogens with one attached hydrogen (secondary N) is 1. The van der Waals surface area contributed by atoms with Crippen molar-refractivity contribution < 1.29 is 4.79 Å². The molecule has 24 heavy (non-hydrogen) atoms. The van der Waals surface area contributed by atoms with E-state index >= 15 is 0 Å². The third kappa shape index (κ3) is 3.42. The van der Waals surface area contributed by atoms with Crippen molar-refractivity contribution in [1.29, 1.82) is 0 Å². The number of carbonyl (C=O) groups is 1. The van der Waals surface area contributed by atoms with Crippen LogP contribution >= 0.6 is 0 Å². The van der Waals surface area contributed by atoms with Gasteiger partial charge in [-0.3, -0.25) is 4.79 Å². The Balaban J connectivity index is 1.85. The van der Waals surface area contributed by atoms with E-state index in [4.69, 9.17) is 9.97 Å². The summed E-state index contributed by atoms with van der Waals surface area (Å²) in [5, 5.41) is 3.21. The monoisotopic (exact) mass is 325 g/mol. The summed E-state index contributed by atoms with van der Waals surface area (Å²) in [5.74, 6) is 0.567. The van der Waals surface area contributed by atoms with Crippen LogP contribution in [-0.2, 0) is 12.8 Å². The second-order valence-electron chi connectivity index (χ2n) is 6.87. The Labute approximate surface area is 144 Å². The van der Waals surface area contributed by atoms with Crippen LogP contribution in [0.25, 0.3) is 11.0 Å². The molecule has 1 amide bonds. The molecule has 4 heteroatoms. The Morgan fingerprint density at radius 1 is 1.08 bits per heavy atom. The fraction of sp³-hybridized carbons (Fsp3) is 0.550. The highest BCUT2D eigenvalue weighted by Gasteiger charge is 2.23. The van der Waals surface area contributed by atoms with Crippen molar-refractivity contribution in [2.75, 3.05) is 0 Å². The average Bonchev–Trinajstić information content (AvgIpc) is 2.61. The Bertz CT molecular complexity index is 741. The molecule has 1 heterocycles. The Morgan fingerprint density at radius 2 is 1.75 bits per heavy atom. The molecule has 1 aliphatic rings. The van der Waals surface area contributed by atoms with E-state index in [0.29, 0.717) is 17.5 Å². The van der Waals surface area contributed by atoms with Gasteiger partial charge in [0.2, 0.25) is 0 Å². The highest BCUT2D eigenvalue weighted by atomic mass is 16.1. The van der Waals surface area contributed by atoms with Crippen molar-refractivity contribution in [3.8, 4) is 0 Å². The number of nitrogens with zero attached hydrogens (tertiary/aromatic N) is 2. The van der Waals surface area contributed by atoms with E-state index in [9.17, 15) is 4.79 Å². The first kappa shape index (κ1) is 16.9. The van der Waals surface area contributed by atoms with Crippen LogP contribution < -0.4 is 5.32 Å². The van der Waals surface area contributed by atoms with Crippen molar-refractivity contribution in [2.24, 2.45) is 5.92 Å². The molecule has 1 saturated carbocycles. The Hall–Kier alpha value is -1.97. The van der Waals surface area contributed by atoms with Gasteiger partial charge in [-0.2, -0.15) is 0 Å². The molecule has 0 saturated heterocycles.